The van der Waals surface area contributed by atoms with Crippen molar-refractivity contribution in [1.82, 2.24) is 4.90 Å². The van der Waals surface area contributed by atoms with Gasteiger partial charge in [-0.3, -0.25) is 4.79 Å². The van der Waals surface area contributed by atoms with Crippen molar-refractivity contribution in [3.63, 3.8) is 0 Å². The number of hydrogen-bond donors (Lipinski definition) is 0. The second-order valence-corrected chi connectivity index (χ2v) is 7.15. The lowest BCUT2D eigenvalue weighted by Crippen LogP contribution is -2.30. The molecule has 2 aromatic carbocycles. The third-order valence-electron chi connectivity index (χ3n) is 4.77. The fourth-order valence-corrected chi connectivity index (χ4v) is 2.92. The molecule has 0 fully saturated rings. The molecule has 0 saturated heterocycles. The first-order valence-electron chi connectivity index (χ1n) is 10.3. The van der Waals surface area contributed by atoms with Gasteiger partial charge in [0, 0.05) is 13.6 Å². The Labute approximate surface area is 170 Å². The number of rotatable bonds is 12. The van der Waals surface area contributed by atoms with E-state index >= 15 is 0 Å². The van der Waals surface area contributed by atoms with Gasteiger partial charge < -0.3 is 9.64 Å². The van der Waals surface area contributed by atoms with E-state index in [2.05, 4.69) is 31.2 Å². The Morgan fingerprint density at radius 1 is 0.964 bits per heavy atom. The van der Waals surface area contributed by atoms with Crippen molar-refractivity contribution in [3.8, 4) is 5.75 Å². The molecule has 2 rings (SSSR count). The highest BCUT2D eigenvalue weighted by Gasteiger charge is 2.09. The normalized spacial score (nSPS) is 10.9. The van der Waals surface area contributed by atoms with Crippen LogP contribution < -0.4 is 4.74 Å². The molecule has 0 N–H and O–H groups in total. The van der Waals surface area contributed by atoms with Crippen molar-refractivity contribution in [1.29, 1.82) is 0 Å². The molecular formula is C25H33NO2. The molecule has 0 radical (unpaired) electrons. The third kappa shape index (κ3) is 8.43. The van der Waals surface area contributed by atoms with E-state index in [0.717, 1.165) is 30.7 Å². The summed E-state index contributed by atoms with van der Waals surface area (Å²) in [5.74, 6) is 0.978. The Balaban J connectivity index is 1.70. The van der Waals surface area contributed by atoms with Crippen molar-refractivity contribution >= 4 is 5.91 Å². The van der Waals surface area contributed by atoms with Gasteiger partial charge in [0.1, 0.15) is 12.4 Å². The van der Waals surface area contributed by atoms with Crippen LogP contribution in [0.3, 0.4) is 0 Å². The van der Waals surface area contributed by atoms with Gasteiger partial charge in [0.15, 0.2) is 0 Å². The summed E-state index contributed by atoms with van der Waals surface area (Å²) in [5, 5.41) is 0. The van der Waals surface area contributed by atoms with E-state index in [1.807, 2.05) is 49.5 Å². The number of carbonyl (C=O) groups is 1. The van der Waals surface area contributed by atoms with E-state index < -0.39 is 0 Å². The predicted molar refractivity (Wildman–Crippen MR) is 117 cm³/mol. The fourth-order valence-electron chi connectivity index (χ4n) is 2.92. The molecule has 0 heterocycles. The minimum absolute atomic E-state index is 0.139. The van der Waals surface area contributed by atoms with Gasteiger partial charge in [-0.15, -0.1) is 0 Å². The van der Waals surface area contributed by atoms with E-state index in [9.17, 15) is 4.79 Å². The number of allylic oxidation sites excluding steroid dienone is 1. The Hall–Kier alpha value is -2.55. The van der Waals surface area contributed by atoms with Crippen LogP contribution in [-0.4, -0.2) is 31.0 Å². The summed E-state index contributed by atoms with van der Waals surface area (Å²) < 4.78 is 5.73. The Bertz CT molecular complexity index is 707. The van der Waals surface area contributed by atoms with Gasteiger partial charge in [-0.1, -0.05) is 74.4 Å². The van der Waals surface area contributed by atoms with E-state index in [4.69, 9.17) is 4.74 Å². The summed E-state index contributed by atoms with van der Waals surface area (Å²) in [6.07, 6.45) is 10.5. The fraction of sp³-hybridized carbons (Fsp3) is 0.400. The maximum absolute atomic E-state index is 12.4. The maximum Gasteiger partial charge on any atom is 0.226 e. The third-order valence-corrected chi connectivity index (χ3v) is 4.77. The number of amides is 1. The summed E-state index contributed by atoms with van der Waals surface area (Å²) in [6.45, 7) is 3.54. The molecule has 0 aliphatic carbocycles. The minimum atomic E-state index is 0.139. The van der Waals surface area contributed by atoms with Crippen LogP contribution in [0.4, 0.5) is 0 Å². The second-order valence-electron chi connectivity index (χ2n) is 7.15. The molecule has 0 unspecified atom stereocenters. The summed E-state index contributed by atoms with van der Waals surface area (Å²) in [4.78, 5) is 14.2. The molecule has 0 aliphatic heterocycles. The molecule has 0 saturated carbocycles. The zero-order valence-corrected chi connectivity index (χ0v) is 17.3. The number of benzene rings is 2. The molecule has 3 heteroatoms. The lowest BCUT2D eigenvalue weighted by Gasteiger charge is -2.17. The Kier molecular flexibility index (Phi) is 9.92. The second kappa shape index (κ2) is 12.8. The van der Waals surface area contributed by atoms with Gasteiger partial charge in [0.25, 0.3) is 0 Å². The number of hydrogen-bond acceptors (Lipinski definition) is 2. The van der Waals surface area contributed by atoms with Gasteiger partial charge in [-0.05, 0) is 42.5 Å². The van der Waals surface area contributed by atoms with Crippen molar-refractivity contribution in [2.45, 2.75) is 45.4 Å². The summed E-state index contributed by atoms with van der Waals surface area (Å²) in [5.41, 5.74) is 2.27. The average Bonchev–Trinajstić information content (AvgIpc) is 2.73. The molecule has 0 spiro atoms. The summed E-state index contributed by atoms with van der Waals surface area (Å²) >= 11 is 0. The minimum Gasteiger partial charge on any atom is -0.490 e. The first-order chi connectivity index (χ1) is 13.7. The van der Waals surface area contributed by atoms with Crippen LogP contribution >= 0.6 is 0 Å². The molecule has 150 valence electrons. The van der Waals surface area contributed by atoms with Crippen LogP contribution in [0.25, 0.3) is 0 Å². The Morgan fingerprint density at radius 3 is 2.43 bits per heavy atom. The average molecular weight is 380 g/mol. The first kappa shape index (κ1) is 21.7. The van der Waals surface area contributed by atoms with Crippen LogP contribution in [-0.2, 0) is 17.6 Å². The molecular weight excluding hydrogens is 346 g/mol. The standard InChI is InChI=1S/C25H33NO2/c1-3-4-5-6-7-11-20-28-24-16-14-23(15-17-24)21-25(27)26(2)19-18-22-12-9-8-10-13-22/h7-17H,3-6,18-21H2,1-2H3/b11-7+. The molecule has 0 aromatic heterocycles. The van der Waals surface area contributed by atoms with Crippen LogP contribution in [0.2, 0.25) is 0 Å². The van der Waals surface area contributed by atoms with Gasteiger partial charge in [-0.25, -0.2) is 0 Å². The van der Waals surface area contributed by atoms with E-state index in [1.165, 1.54) is 24.8 Å². The Morgan fingerprint density at radius 2 is 1.71 bits per heavy atom. The quantitative estimate of drug-likeness (QED) is 0.363. The number of nitrogens with zero attached hydrogens (tertiary/aromatic N) is 1. The largest absolute Gasteiger partial charge is 0.490 e. The smallest absolute Gasteiger partial charge is 0.226 e. The molecule has 3 nitrogen and oxygen atoms in total. The monoisotopic (exact) mass is 379 g/mol. The lowest BCUT2D eigenvalue weighted by atomic mass is 10.1. The highest BCUT2D eigenvalue weighted by atomic mass is 16.5. The van der Waals surface area contributed by atoms with Crippen LogP contribution in [0, 0.1) is 0 Å². The highest BCUT2D eigenvalue weighted by molar-refractivity contribution is 5.78. The molecule has 1 amide bonds. The number of ether oxygens (including phenoxy) is 1. The van der Waals surface area contributed by atoms with Gasteiger partial charge in [0.2, 0.25) is 5.91 Å². The highest BCUT2D eigenvalue weighted by Crippen LogP contribution is 2.13. The number of unbranched alkanes of at least 4 members (excludes halogenated alkanes) is 3. The predicted octanol–water partition coefficient (Wildman–Crippen LogP) is 5.45. The van der Waals surface area contributed by atoms with E-state index in [1.54, 1.807) is 4.90 Å². The van der Waals surface area contributed by atoms with Crippen molar-refractivity contribution in [2.75, 3.05) is 20.2 Å². The summed E-state index contributed by atoms with van der Waals surface area (Å²) in [6, 6.07) is 18.1. The molecule has 2 aromatic rings. The van der Waals surface area contributed by atoms with E-state index in [-0.39, 0.29) is 5.91 Å². The lowest BCUT2D eigenvalue weighted by molar-refractivity contribution is -0.129. The topological polar surface area (TPSA) is 29.5 Å². The summed E-state index contributed by atoms with van der Waals surface area (Å²) in [7, 11) is 1.87. The van der Waals surface area contributed by atoms with Gasteiger partial charge >= 0.3 is 0 Å². The molecule has 28 heavy (non-hydrogen) atoms. The van der Waals surface area contributed by atoms with Crippen LogP contribution in [0.15, 0.2) is 66.7 Å². The van der Waals surface area contributed by atoms with Crippen molar-refractivity contribution < 1.29 is 9.53 Å². The number of carbonyl (C=O) groups excluding carboxylic acids is 1. The van der Waals surface area contributed by atoms with Crippen LogP contribution in [0.5, 0.6) is 5.75 Å². The SMILES string of the molecule is CCCCC/C=C/COc1ccc(CC(=O)N(C)CCc2ccccc2)cc1. The van der Waals surface area contributed by atoms with E-state index in [0.29, 0.717) is 13.0 Å². The van der Waals surface area contributed by atoms with Crippen molar-refractivity contribution in [2.24, 2.45) is 0 Å². The molecule has 0 atom stereocenters. The number of likely N-dealkylation sites (N-methyl/N-ethyl adjacent to an activating group) is 1. The maximum atomic E-state index is 12.4. The zero-order valence-electron chi connectivity index (χ0n) is 17.3. The first-order valence-corrected chi connectivity index (χ1v) is 10.3. The molecule has 0 bridgehead atoms. The molecule has 0 aliphatic rings. The van der Waals surface area contributed by atoms with Gasteiger partial charge in [0.05, 0.1) is 6.42 Å². The van der Waals surface area contributed by atoms with Gasteiger partial charge in [-0.2, -0.15) is 0 Å². The van der Waals surface area contributed by atoms with Crippen LogP contribution in [0.1, 0.15) is 43.7 Å². The van der Waals surface area contributed by atoms with Crippen molar-refractivity contribution in [3.05, 3.63) is 77.9 Å². The zero-order chi connectivity index (χ0) is 20.0.